The van der Waals surface area contributed by atoms with Gasteiger partial charge in [-0.1, -0.05) is 174 Å². The van der Waals surface area contributed by atoms with Crippen molar-refractivity contribution in [3.05, 3.63) is 12.2 Å². The van der Waals surface area contributed by atoms with E-state index in [1.807, 2.05) is 21.1 Å². The van der Waals surface area contributed by atoms with Crippen molar-refractivity contribution in [1.82, 2.24) is 0 Å². The van der Waals surface area contributed by atoms with Crippen LogP contribution in [0.25, 0.3) is 0 Å². The first-order valence-corrected chi connectivity index (χ1v) is 24.0. The van der Waals surface area contributed by atoms with Gasteiger partial charge in [0.2, 0.25) is 0 Å². The van der Waals surface area contributed by atoms with Crippen molar-refractivity contribution in [3.8, 4) is 0 Å². The molecule has 10 heteroatoms. The lowest BCUT2D eigenvalue weighted by atomic mass is 10.0. The third-order valence-electron chi connectivity index (χ3n) is 9.91. The summed E-state index contributed by atoms with van der Waals surface area (Å²) in [6, 6.07) is 0. The lowest BCUT2D eigenvalue weighted by molar-refractivity contribution is -0.870. The number of rotatable bonds is 39. The summed E-state index contributed by atoms with van der Waals surface area (Å²) < 4.78 is 20.7. The van der Waals surface area contributed by atoms with Gasteiger partial charge in [-0.3, -0.25) is 9.32 Å². The number of carbonyl (C=O) groups is 1. The molecule has 324 valence electrons. The molecule has 0 bridgehead atoms. The normalized spacial score (nSPS) is 13.2. The van der Waals surface area contributed by atoms with Gasteiger partial charge in [-0.05, 0) is 44.9 Å². The van der Waals surface area contributed by atoms with E-state index < -0.39 is 20.0 Å². The van der Waals surface area contributed by atoms with E-state index in [4.69, 9.17) is 14.5 Å². The summed E-state index contributed by atoms with van der Waals surface area (Å²) in [4.78, 5) is 28.9. The number of quaternary nitrogens is 1. The first kappa shape index (κ1) is 55.3. The largest absolute Gasteiger partial charge is 0.469 e. The molecule has 0 amide bonds. The van der Waals surface area contributed by atoms with Gasteiger partial charge in [-0.2, -0.15) is 0 Å². The van der Waals surface area contributed by atoms with E-state index in [0.29, 0.717) is 23.9 Å². The summed E-state index contributed by atoms with van der Waals surface area (Å²) in [5.74, 6) is -0.230. The quantitative estimate of drug-likeness (QED) is 0.0159. The molecule has 0 aromatic carbocycles. The summed E-state index contributed by atoms with van der Waals surface area (Å²) in [6.45, 7) is 4.84. The van der Waals surface area contributed by atoms with E-state index in [-0.39, 0.29) is 19.2 Å². The van der Waals surface area contributed by atoms with Crippen molar-refractivity contribution < 1.29 is 43.1 Å². The second-order valence-electron chi connectivity index (χ2n) is 16.5. The Morgan fingerprint density at radius 2 is 0.981 bits per heavy atom. The Morgan fingerprint density at radius 1 is 0.611 bits per heavy atom. The summed E-state index contributed by atoms with van der Waals surface area (Å²) in [5.41, 5.74) is 0. The van der Waals surface area contributed by atoms with Crippen LogP contribution in [0.4, 0.5) is 0 Å². The molecule has 0 aromatic rings. The van der Waals surface area contributed by atoms with E-state index in [1.165, 1.54) is 148 Å². The van der Waals surface area contributed by atoms with Gasteiger partial charge in [0.05, 0.1) is 27.7 Å². The standard InChI is InChI=1S/C39H76O4.C5H14NO4P/c1-3-5-7-9-11-13-15-17-19-21-22-24-26-28-30-32-34-38(37(41)36-40)43-39(42)35-33-31-29-27-25-23-20-18-16-14-12-10-8-6-4-2;1-6(2,3)4-5-10-11(7,8)9/h18,20,37-38,40-41H,3-17,19,21-36H2,1-2H3;4-5H2,1-3H3,(H-,7,8,9)/p+1/b20-18-;. The number of esters is 1. The van der Waals surface area contributed by atoms with Crippen molar-refractivity contribution in [2.45, 2.75) is 225 Å². The molecule has 0 spiro atoms. The van der Waals surface area contributed by atoms with Crippen LogP contribution in [-0.4, -0.2) is 83.6 Å². The van der Waals surface area contributed by atoms with Crippen molar-refractivity contribution >= 4 is 13.8 Å². The molecule has 0 rings (SSSR count). The molecule has 0 aliphatic rings. The maximum absolute atomic E-state index is 12.4. The van der Waals surface area contributed by atoms with E-state index in [2.05, 4.69) is 30.5 Å². The van der Waals surface area contributed by atoms with Gasteiger partial charge in [0.15, 0.2) is 0 Å². The predicted molar refractivity (Wildman–Crippen MR) is 227 cm³/mol. The number of phosphoric ester groups is 1. The zero-order chi connectivity index (χ0) is 40.6. The minimum absolute atomic E-state index is 0.0772. The van der Waals surface area contributed by atoms with E-state index >= 15 is 0 Å². The minimum Gasteiger partial charge on any atom is -0.460 e. The summed E-state index contributed by atoms with van der Waals surface area (Å²) in [7, 11) is 1.50. The van der Waals surface area contributed by atoms with Gasteiger partial charge in [0.1, 0.15) is 25.4 Å². The molecule has 4 N–H and O–H groups in total. The van der Waals surface area contributed by atoms with E-state index in [0.717, 1.165) is 38.5 Å². The van der Waals surface area contributed by atoms with Crippen LogP contribution in [0.2, 0.25) is 0 Å². The van der Waals surface area contributed by atoms with E-state index in [9.17, 15) is 19.6 Å². The zero-order valence-corrected chi connectivity index (χ0v) is 37.1. The Bertz CT molecular complexity index is 860. The Morgan fingerprint density at radius 3 is 1.35 bits per heavy atom. The molecule has 2 atom stereocenters. The van der Waals surface area contributed by atoms with Crippen molar-refractivity contribution in [2.24, 2.45) is 0 Å². The Balaban J connectivity index is 0. The van der Waals surface area contributed by atoms with Gasteiger partial charge in [0, 0.05) is 6.42 Å². The fourth-order valence-corrected chi connectivity index (χ4v) is 6.66. The molecule has 0 aromatic heterocycles. The summed E-state index contributed by atoms with van der Waals surface area (Å²) >= 11 is 0. The van der Waals surface area contributed by atoms with Crippen molar-refractivity contribution in [3.63, 3.8) is 0 Å². The SMILES string of the molecule is CCCCCCCC/C=C\CCCCCCCC(=O)OC(CCCCCCCCCCCCCCCCCC)C(O)CO.C[N+](C)(C)CCOP(=O)(O)O. The summed E-state index contributed by atoms with van der Waals surface area (Å²) in [6.07, 6.45) is 41.3. The number of ether oxygens (including phenoxy) is 1. The molecule has 0 saturated carbocycles. The molecule has 0 heterocycles. The van der Waals surface area contributed by atoms with E-state index in [1.54, 1.807) is 0 Å². The molecule has 0 saturated heterocycles. The van der Waals surface area contributed by atoms with Crippen LogP contribution in [0.15, 0.2) is 12.2 Å². The lowest BCUT2D eigenvalue weighted by Gasteiger charge is -2.23. The Hall–Kier alpha value is -0.800. The molecule has 54 heavy (non-hydrogen) atoms. The molecular formula is C44H91NO8P+. The first-order chi connectivity index (χ1) is 25.9. The predicted octanol–water partition coefficient (Wildman–Crippen LogP) is 11.7. The average Bonchev–Trinajstić information content (AvgIpc) is 3.11. The second-order valence-corrected chi connectivity index (χ2v) is 17.8. The number of phosphoric acid groups is 1. The van der Waals surface area contributed by atoms with Crippen LogP contribution in [0.1, 0.15) is 213 Å². The lowest BCUT2D eigenvalue weighted by Crippen LogP contribution is -2.37. The number of aliphatic hydroxyl groups is 2. The molecule has 2 unspecified atom stereocenters. The molecular weight excluding hydrogens is 701 g/mol. The fourth-order valence-electron chi connectivity index (χ4n) is 6.34. The monoisotopic (exact) mass is 793 g/mol. The number of hydrogen-bond acceptors (Lipinski definition) is 6. The van der Waals surface area contributed by atoms with Crippen LogP contribution in [0.3, 0.4) is 0 Å². The highest BCUT2D eigenvalue weighted by atomic mass is 31.2. The smallest absolute Gasteiger partial charge is 0.460 e. The number of hydrogen-bond donors (Lipinski definition) is 4. The highest BCUT2D eigenvalue weighted by Crippen LogP contribution is 2.35. The highest BCUT2D eigenvalue weighted by Gasteiger charge is 2.22. The molecule has 9 nitrogen and oxygen atoms in total. The van der Waals surface area contributed by atoms with Gasteiger partial charge >= 0.3 is 13.8 Å². The van der Waals surface area contributed by atoms with Crippen LogP contribution in [0.5, 0.6) is 0 Å². The maximum Gasteiger partial charge on any atom is 0.469 e. The second kappa shape index (κ2) is 40.4. The summed E-state index contributed by atoms with van der Waals surface area (Å²) in [5, 5.41) is 19.6. The van der Waals surface area contributed by atoms with Crippen LogP contribution in [0, 0.1) is 0 Å². The number of likely N-dealkylation sites (N-methyl/N-ethyl adjacent to an activating group) is 1. The van der Waals surface area contributed by atoms with Crippen LogP contribution in [-0.2, 0) is 18.6 Å². The van der Waals surface area contributed by atoms with Gasteiger partial charge in [-0.25, -0.2) is 4.57 Å². The maximum atomic E-state index is 12.4. The first-order valence-electron chi connectivity index (χ1n) is 22.5. The average molecular weight is 793 g/mol. The zero-order valence-electron chi connectivity index (χ0n) is 36.2. The molecule has 0 fully saturated rings. The minimum atomic E-state index is -4.26. The Kier molecular flexibility index (Phi) is 41.4. The number of unbranched alkanes of at least 4 members (excludes halogenated alkanes) is 26. The fraction of sp³-hybridized carbons (Fsp3) is 0.932. The molecule has 0 radical (unpaired) electrons. The highest BCUT2D eigenvalue weighted by molar-refractivity contribution is 7.46. The van der Waals surface area contributed by atoms with Gasteiger partial charge in [0.25, 0.3) is 0 Å². The van der Waals surface area contributed by atoms with Gasteiger partial charge < -0.3 is 29.2 Å². The molecule has 0 aliphatic heterocycles. The number of aliphatic hydroxyl groups excluding tert-OH is 2. The molecule has 0 aliphatic carbocycles. The van der Waals surface area contributed by atoms with Crippen molar-refractivity contribution in [2.75, 3.05) is 40.9 Å². The van der Waals surface area contributed by atoms with Crippen LogP contribution < -0.4 is 0 Å². The van der Waals surface area contributed by atoms with Gasteiger partial charge in [-0.15, -0.1) is 0 Å². The third kappa shape index (κ3) is 47.4. The topological polar surface area (TPSA) is 134 Å². The number of allylic oxidation sites excluding steroid dienone is 2. The Labute approximate surface area is 334 Å². The van der Waals surface area contributed by atoms with Crippen LogP contribution >= 0.6 is 7.82 Å². The third-order valence-corrected chi connectivity index (χ3v) is 10.4. The number of nitrogens with zero attached hydrogens (tertiary/aromatic N) is 1. The number of carbonyl (C=O) groups excluding carboxylic acids is 1. The van der Waals surface area contributed by atoms with Crippen molar-refractivity contribution in [1.29, 1.82) is 0 Å².